The van der Waals surface area contributed by atoms with Gasteiger partial charge in [-0.05, 0) is 30.5 Å². The maximum absolute atomic E-state index is 13.9. The van der Waals surface area contributed by atoms with Gasteiger partial charge in [-0.15, -0.1) is 0 Å². The van der Waals surface area contributed by atoms with Crippen LogP contribution in [0.2, 0.25) is 0 Å². The normalized spacial score (nSPS) is 12.6. The lowest BCUT2D eigenvalue weighted by Crippen LogP contribution is -2.19. The lowest BCUT2D eigenvalue weighted by atomic mass is 9.87. The molecule has 0 aromatic heterocycles. The Morgan fingerprint density at radius 3 is 2.41 bits per heavy atom. The lowest BCUT2D eigenvalue weighted by Gasteiger charge is -2.20. The molecule has 17 heavy (non-hydrogen) atoms. The van der Waals surface area contributed by atoms with Crippen LogP contribution in [0.15, 0.2) is 12.1 Å². The highest BCUT2D eigenvalue weighted by Crippen LogP contribution is 2.35. The topological polar surface area (TPSA) is 46.5 Å². The summed E-state index contributed by atoms with van der Waals surface area (Å²) in [6.45, 7) is 5.23. The number of halogens is 1. The largest absolute Gasteiger partial charge is 0.496 e. The standard InChI is InChI=1S/C13H17FO3/c1-7(2)11(13(15)16)12-9(14)5-8(3)6-10(12)17-4/h5-7,11H,1-4H3,(H,15,16). The van der Waals surface area contributed by atoms with Crippen LogP contribution in [0.4, 0.5) is 4.39 Å². The number of benzene rings is 1. The van der Waals surface area contributed by atoms with E-state index in [0.29, 0.717) is 11.3 Å². The van der Waals surface area contributed by atoms with Gasteiger partial charge in [0.2, 0.25) is 0 Å². The van der Waals surface area contributed by atoms with Crippen LogP contribution < -0.4 is 4.74 Å². The molecular formula is C13H17FO3. The summed E-state index contributed by atoms with van der Waals surface area (Å²) in [6.07, 6.45) is 0. The first kappa shape index (κ1) is 13.5. The molecule has 1 aromatic carbocycles. The molecular weight excluding hydrogens is 223 g/mol. The average Bonchev–Trinajstić information content (AvgIpc) is 2.20. The first-order chi connectivity index (χ1) is 7.88. The summed E-state index contributed by atoms with van der Waals surface area (Å²) in [5.41, 5.74) is 0.830. The van der Waals surface area contributed by atoms with Crippen LogP contribution in [0.5, 0.6) is 5.75 Å². The summed E-state index contributed by atoms with van der Waals surface area (Å²) in [4.78, 5) is 11.2. The molecule has 3 nitrogen and oxygen atoms in total. The molecule has 1 unspecified atom stereocenters. The molecule has 1 N–H and O–H groups in total. The third-order valence-corrected chi connectivity index (χ3v) is 2.70. The molecule has 0 spiro atoms. The predicted molar refractivity (Wildman–Crippen MR) is 62.9 cm³/mol. The molecule has 0 radical (unpaired) electrons. The zero-order valence-corrected chi connectivity index (χ0v) is 10.5. The lowest BCUT2D eigenvalue weighted by molar-refractivity contribution is -0.140. The van der Waals surface area contributed by atoms with Gasteiger partial charge in [0.1, 0.15) is 11.6 Å². The minimum atomic E-state index is -1.04. The van der Waals surface area contributed by atoms with Crippen LogP contribution in [0.3, 0.4) is 0 Å². The van der Waals surface area contributed by atoms with Crippen molar-refractivity contribution in [1.82, 2.24) is 0 Å². The Bertz CT molecular complexity index is 427. The van der Waals surface area contributed by atoms with E-state index in [9.17, 15) is 14.3 Å². The van der Waals surface area contributed by atoms with E-state index in [-0.39, 0.29) is 11.5 Å². The van der Waals surface area contributed by atoms with Gasteiger partial charge < -0.3 is 9.84 Å². The molecule has 0 saturated carbocycles. The highest BCUT2D eigenvalue weighted by Gasteiger charge is 2.30. The van der Waals surface area contributed by atoms with E-state index >= 15 is 0 Å². The van der Waals surface area contributed by atoms with Crippen molar-refractivity contribution in [2.75, 3.05) is 7.11 Å². The van der Waals surface area contributed by atoms with Gasteiger partial charge >= 0.3 is 5.97 Å². The number of carboxylic acids is 1. The summed E-state index contributed by atoms with van der Waals surface area (Å²) >= 11 is 0. The summed E-state index contributed by atoms with van der Waals surface area (Å²) in [7, 11) is 1.41. The quantitative estimate of drug-likeness (QED) is 0.880. The monoisotopic (exact) mass is 240 g/mol. The molecule has 0 bridgehead atoms. The Morgan fingerprint density at radius 1 is 1.41 bits per heavy atom. The number of hydrogen-bond donors (Lipinski definition) is 1. The number of carbonyl (C=O) groups is 1. The van der Waals surface area contributed by atoms with Gasteiger partial charge in [-0.2, -0.15) is 0 Å². The van der Waals surface area contributed by atoms with E-state index in [4.69, 9.17) is 4.74 Å². The molecule has 0 heterocycles. The molecule has 4 heteroatoms. The number of hydrogen-bond acceptors (Lipinski definition) is 2. The number of rotatable bonds is 4. The minimum Gasteiger partial charge on any atom is -0.496 e. The van der Waals surface area contributed by atoms with E-state index in [2.05, 4.69) is 0 Å². The fraction of sp³-hybridized carbons (Fsp3) is 0.462. The number of aryl methyl sites for hydroxylation is 1. The van der Waals surface area contributed by atoms with Crippen molar-refractivity contribution in [2.45, 2.75) is 26.7 Å². The van der Waals surface area contributed by atoms with Crippen molar-refractivity contribution in [2.24, 2.45) is 5.92 Å². The van der Waals surface area contributed by atoms with Crippen LogP contribution in [0.25, 0.3) is 0 Å². The third-order valence-electron chi connectivity index (χ3n) is 2.70. The summed E-state index contributed by atoms with van der Waals surface area (Å²) < 4.78 is 19.0. The van der Waals surface area contributed by atoms with E-state index in [1.165, 1.54) is 13.2 Å². The Balaban J connectivity index is 3.41. The molecule has 94 valence electrons. The van der Waals surface area contributed by atoms with Gasteiger partial charge in [-0.3, -0.25) is 4.79 Å². The van der Waals surface area contributed by atoms with Gasteiger partial charge in [-0.25, -0.2) is 4.39 Å². The first-order valence-electron chi connectivity index (χ1n) is 5.45. The van der Waals surface area contributed by atoms with Gasteiger partial charge in [-0.1, -0.05) is 13.8 Å². The zero-order chi connectivity index (χ0) is 13.2. The fourth-order valence-corrected chi connectivity index (χ4v) is 1.93. The second kappa shape index (κ2) is 5.17. The summed E-state index contributed by atoms with van der Waals surface area (Å²) in [5, 5.41) is 9.19. The van der Waals surface area contributed by atoms with Crippen molar-refractivity contribution in [3.63, 3.8) is 0 Å². The number of ether oxygens (including phenoxy) is 1. The summed E-state index contributed by atoms with van der Waals surface area (Å²) in [6, 6.07) is 2.98. The second-order valence-corrected chi connectivity index (χ2v) is 4.42. The molecule has 0 amide bonds. The minimum absolute atomic E-state index is 0.126. The van der Waals surface area contributed by atoms with Crippen molar-refractivity contribution >= 4 is 5.97 Å². The number of methoxy groups -OCH3 is 1. The zero-order valence-electron chi connectivity index (χ0n) is 10.5. The van der Waals surface area contributed by atoms with Crippen LogP contribution in [-0.4, -0.2) is 18.2 Å². The fourth-order valence-electron chi connectivity index (χ4n) is 1.93. The van der Waals surface area contributed by atoms with Crippen LogP contribution in [0, 0.1) is 18.7 Å². The first-order valence-corrected chi connectivity index (χ1v) is 5.45. The van der Waals surface area contributed by atoms with Gasteiger partial charge in [0.15, 0.2) is 0 Å². The third kappa shape index (κ3) is 2.75. The van der Waals surface area contributed by atoms with E-state index < -0.39 is 17.7 Å². The molecule has 1 rings (SSSR count). The van der Waals surface area contributed by atoms with Crippen LogP contribution in [0.1, 0.15) is 30.9 Å². The smallest absolute Gasteiger partial charge is 0.311 e. The van der Waals surface area contributed by atoms with E-state index in [1.54, 1.807) is 26.8 Å². The molecule has 1 atom stereocenters. The van der Waals surface area contributed by atoms with Crippen molar-refractivity contribution in [3.8, 4) is 5.75 Å². The molecule has 0 fully saturated rings. The number of aliphatic carboxylic acids is 1. The van der Waals surface area contributed by atoms with Gasteiger partial charge in [0.25, 0.3) is 0 Å². The molecule has 0 aliphatic rings. The highest BCUT2D eigenvalue weighted by atomic mass is 19.1. The molecule has 1 aromatic rings. The Morgan fingerprint density at radius 2 is 2.00 bits per heavy atom. The van der Waals surface area contributed by atoms with Crippen molar-refractivity contribution < 1.29 is 19.0 Å². The Kier molecular flexibility index (Phi) is 4.10. The van der Waals surface area contributed by atoms with E-state index in [0.717, 1.165) is 0 Å². The SMILES string of the molecule is COc1cc(C)cc(F)c1C(C(=O)O)C(C)C. The van der Waals surface area contributed by atoms with E-state index in [1.807, 2.05) is 0 Å². The maximum Gasteiger partial charge on any atom is 0.311 e. The van der Waals surface area contributed by atoms with Crippen molar-refractivity contribution in [3.05, 3.63) is 29.1 Å². The second-order valence-electron chi connectivity index (χ2n) is 4.42. The predicted octanol–water partition coefficient (Wildman–Crippen LogP) is 2.97. The molecule has 0 aliphatic carbocycles. The average molecular weight is 240 g/mol. The van der Waals surface area contributed by atoms with Crippen LogP contribution >= 0.6 is 0 Å². The van der Waals surface area contributed by atoms with Gasteiger partial charge in [0, 0.05) is 5.56 Å². The maximum atomic E-state index is 13.9. The van der Waals surface area contributed by atoms with Crippen molar-refractivity contribution in [1.29, 1.82) is 0 Å². The van der Waals surface area contributed by atoms with Crippen LogP contribution in [-0.2, 0) is 4.79 Å². The Hall–Kier alpha value is -1.58. The number of carboxylic acid groups (broad SMARTS) is 1. The molecule has 0 saturated heterocycles. The Labute approximate surface area is 100 Å². The highest BCUT2D eigenvalue weighted by molar-refractivity contribution is 5.77. The summed E-state index contributed by atoms with van der Waals surface area (Å²) in [5.74, 6) is -2.38. The molecule has 0 aliphatic heterocycles. The van der Waals surface area contributed by atoms with Gasteiger partial charge in [0.05, 0.1) is 13.0 Å².